The fourth-order valence-corrected chi connectivity index (χ4v) is 3.17. The zero-order valence-corrected chi connectivity index (χ0v) is 10.1. The van der Waals surface area contributed by atoms with Crippen molar-refractivity contribution in [2.45, 2.75) is 30.8 Å². The standard InChI is InChI=1S/C9H20O2S2/c1-9(2,12-7-3-5-10)13-8-4-6-11/h10-11H,3-8H2,1-2H3. The van der Waals surface area contributed by atoms with E-state index in [0.717, 1.165) is 24.3 Å². The van der Waals surface area contributed by atoms with Gasteiger partial charge in [0, 0.05) is 13.2 Å². The third-order valence-corrected chi connectivity index (χ3v) is 4.59. The van der Waals surface area contributed by atoms with Crippen LogP contribution in [-0.2, 0) is 0 Å². The van der Waals surface area contributed by atoms with Gasteiger partial charge in [-0.15, -0.1) is 23.5 Å². The first-order valence-electron chi connectivity index (χ1n) is 4.62. The number of hydrogen-bond donors (Lipinski definition) is 2. The second-order valence-corrected chi connectivity index (χ2v) is 6.94. The quantitative estimate of drug-likeness (QED) is 0.488. The molecule has 4 heteroatoms. The lowest BCUT2D eigenvalue weighted by Gasteiger charge is -2.23. The van der Waals surface area contributed by atoms with E-state index in [1.165, 1.54) is 0 Å². The van der Waals surface area contributed by atoms with Crippen LogP contribution in [0, 0.1) is 0 Å². The number of aliphatic hydroxyl groups excluding tert-OH is 2. The van der Waals surface area contributed by atoms with Gasteiger partial charge in [0.1, 0.15) is 0 Å². The van der Waals surface area contributed by atoms with Crippen LogP contribution in [0.2, 0.25) is 0 Å². The van der Waals surface area contributed by atoms with Crippen molar-refractivity contribution in [3.63, 3.8) is 0 Å². The Kier molecular flexibility index (Phi) is 8.35. The molecule has 0 radical (unpaired) electrons. The van der Waals surface area contributed by atoms with Crippen LogP contribution in [0.25, 0.3) is 0 Å². The molecular formula is C9H20O2S2. The Morgan fingerprint density at radius 1 is 0.923 bits per heavy atom. The molecule has 0 aromatic carbocycles. The molecule has 0 rings (SSSR count). The average Bonchev–Trinajstić information content (AvgIpc) is 2.05. The maximum Gasteiger partial charge on any atom is 0.0555 e. The maximum absolute atomic E-state index is 8.62. The first-order chi connectivity index (χ1) is 6.12. The van der Waals surface area contributed by atoms with Crippen molar-refractivity contribution in [1.82, 2.24) is 0 Å². The molecule has 0 atom stereocenters. The molecule has 0 aliphatic carbocycles. The van der Waals surface area contributed by atoms with Crippen molar-refractivity contribution >= 4 is 23.5 Å². The third-order valence-electron chi connectivity index (χ3n) is 1.50. The number of aliphatic hydroxyl groups is 2. The summed E-state index contributed by atoms with van der Waals surface area (Å²) < 4.78 is 0.213. The second kappa shape index (κ2) is 7.97. The first-order valence-corrected chi connectivity index (χ1v) is 6.59. The normalized spacial score (nSPS) is 12.0. The molecule has 80 valence electrons. The molecule has 0 fully saturated rings. The summed E-state index contributed by atoms with van der Waals surface area (Å²) in [4.78, 5) is 0. The lowest BCUT2D eigenvalue weighted by Crippen LogP contribution is -2.11. The predicted molar refractivity (Wildman–Crippen MR) is 62.4 cm³/mol. The molecule has 0 spiro atoms. The molecule has 0 saturated carbocycles. The van der Waals surface area contributed by atoms with E-state index in [-0.39, 0.29) is 17.3 Å². The molecule has 0 aliphatic heterocycles. The van der Waals surface area contributed by atoms with Gasteiger partial charge in [0.05, 0.1) is 4.08 Å². The molecular weight excluding hydrogens is 204 g/mol. The monoisotopic (exact) mass is 224 g/mol. The zero-order valence-electron chi connectivity index (χ0n) is 8.45. The highest BCUT2D eigenvalue weighted by atomic mass is 32.2. The molecule has 0 amide bonds. The summed E-state index contributed by atoms with van der Waals surface area (Å²) >= 11 is 3.75. The van der Waals surface area contributed by atoms with E-state index in [1.54, 1.807) is 0 Å². The van der Waals surface area contributed by atoms with Crippen molar-refractivity contribution in [3.05, 3.63) is 0 Å². The summed E-state index contributed by atoms with van der Waals surface area (Å²) in [6.07, 6.45) is 1.74. The fraction of sp³-hybridized carbons (Fsp3) is 1.00. The highest BCUT2D eigenvalue weighted by Crippen LogP contribution is 2.36. The summed E-state index contributed by atoms with van der Waals surface area (Å²) in [7, 11) is 0. The Hall–Kier alpha value is 0.620. The van der Waals surface area contributed by atoms with Crippen molar-refractivity contribution in [3.8, 4) is 0 Å². The minimum Gasteiger partial charge on any atom is -0.396 e. The van der Waals surface area contributed by atoms with Gasteiger partial charge in [-0.25, -0.2) is 0 Å². The summed E-state index contributed by atoms with van der Waals surface area (Å²) in [5.41, 5.74) is 0. The van der Waals surface area contributed by atoms with Gasteiger partial charge < -0.3 is 10.2 Å². The van der Waals surface area contributed by atoms with Crippen LogP contribution in [0.3, 0.4) is 0 Å². The van der Waals surface area contributed by atoms with Crippen molar-refractivity contribution in [2.24, 2.45) is 0 Å². The van der Waals surface area contributed by atoms with Crippen LogP contribution in [0.4, 0.5) is 0 Å². The fourth-order valence-electron chi connectivity index (χ4n) is 0.807. The zero-order chi connectivity index (χ0) is 10.2. The van der Waals surface area contributed by atoms with Crippen LogP contribution >= 0.6 is 23.5 Å². The Morgan fingerprint density at radius 3 is 1.62 bits per heavy atom. The largest absolute Gasteiger partial charge is 0.396 e. The van der Waals surface area contributed by atoms with Crippen LogP contribution in [-0.4, -0.2) is 39.0 Å². The Bertz CT molecular complexity index is 106. The smallest absolute Gasteiger partial charge is 0.0555 e. The Morgan fingerprint density at radius 2 is 1.31 bits per heavy atom. The summed E-state index contributed by atoms with van der Waals surface area (Å²) in [5, 5.41) is 17.2. The minimum atomic E-state index is 0.213. The molecule has 0 saturated heterocycles. The number of thioether (sulfide) groups is 2. The SMILES string of the molecule is CC(C)(SCCCO)SCCCO. The maximum atomic E-state index is 8.62. The Labute approximate surface area is 89.5 Å². The molecule has 0 heterocycles. The number of rotatable bonds is 8. The lowest BCUT2D eigenvalue weighted by molar-refractivity contribution is 0.296. The van der Waals surface area contributed by atoms with E-state index >= 15 is 0 Å². The van der Waals surface area contributed by atoms with E-state index in [2.05, 4.69) is 13.8 Å². The highest BCUT2D eigenvalue weighted by Gasteiger charge is 2.17. The van der Waals surface area contributed by atoms with Gasteiger partial charge in [0.2, 0.25) is 0 Å². The molecule has 2 N–H and O–H groups in total. The summed E-state index contributed by atoms with van der Waals surface area (Å²) in [5.74, 6) is 2.02. The topological polar surface area (TPSA) is 40.5 Å². The van der Waals surface area contributed by atoms with E-state index in [4.69, 9.17) is 10.2 Å². The van der Waals surface area contributed by atoms with Gasteiger partial charge >= 0.3 is 0 Å². The van der Waals surface area contributed by atoms with E-state index < -0.39 is 0 Å². The van der Waals surface area contributed by atoms with Crippen LogP contribution in [0.5, 0.6) is 0 Å². The van der Waals surface area contributed by atoms with Gasteiger partial charge in [-0.2, -0.15) is 0 Å². The van der Waals surface area contributed by atoms with Crippen LogP contribution < -0.4 is 0 Å². The predicted octanol–water partition coefficient (Wildman–Crippen LogP) is 1.95. The van der Waals surface area contributed by atoms with E-state index in [9.17, 15) is 0 Å². The minimum absolute atomic E-state index is 0.213. The average molecular weight is 224 g/mol. The molecule has 13 heavy (non-hydrogen) atoms. The molecule has 0 aromatic rings. The van der Waals surface area contributed by atoms with Crippen LogP contribution in [0.15, 0.2) is 0 Å². The Balaban J connectivity index is 3.42. The summed E-state index contributed by atoms with van der Waals surface area (Å²) in [6, 6.07) is 0. The number of hydrogen-bond acceptors (Lipinski definition) is 4. The van der Waals surface area contributed by atoms with Gasteiger partial charge in [0.15, 0.2) is 0 Å². The molecule has 0 aromatic heterocycles. The first kappa shape index (κ1) is 13.6. The third kappa shape index (κ3) is 8.94. The lowest BCUT2D eigenvalue weighted by atomic mass is 10.5. The van der Waals surface area contributed by atoms with Gasteiger partial charge in [-0.05, 0) is 38.2 Å². The second-order valence-electron chi connectivity index (χ2n) is 3.25. The van der Waals surface area contributed by atoms with Crippen molar-refractivity contribution in [2.75, 3.05) is 24.7 Å². The van der Waals surface area contributed by atoms with Crippen molar-refractivity contribution < 1.29 is 10.2 Å². The van der Waals surface area contributed by atoms with Gasteiger partial charge in [-0.3, -0.25) is 0 Å². The van der Waals surface area contributed by atoms with Gasteiger partial charge in [0.25, 0.3) is 0 Å². The van der Waals surface area contributed by atoms with E-state index in [0.29, 0.717) is 0 Å². The molecule has 2 nitrogen and oxygen atoms in total. The van der Waals surface area contributed by atoms with Crippen LogP contribution in [0.1, 0.15) is 26.7 Å². The van der Waals surface area contributed by atoms with Gasteiger partial charge in [-0.1, -0.05) is 0 Å². The van der Waals surface area contributed by atoms with E-state index in [1.807, 2.05) is 23.5 Å². The molecule has 0 unspecified atom stereocenters. The molecule has 0 bridgehead atoms. The van der Waals surface area contributed by atoms with Crippen molar-refractivity contribution in [1.29, 1.82) is 0 Å². The summed E-state index contributed by atoms with van der Waals surface area (Å²) in [6.45, 7) is 4.95. The highest BCUT2D eigenvalue weighted by molar-refractivity contribution is 8.18. The molecule has 0 aliphatic rings.